The average molecular weight is 429 g/mol. The molecule has 0 spiro atoms. The molecule has 1 saturated carbocycles. The maximum atomic E-state index is 11.6. The lowest BCUT2D eigenvalue weighted by molar-refractivity contribution is -0.0316. The van der Waals surface area contributed by atoms with Gasteiger partial charge >= 0.3 is 0 Å². The molecular weight excluding hydrogens is 396 g/mol. The van der Waals surface area contributed by atoms with E-state index < -0.39 is 5.60 Å². The van der Waals surface area contributed by atoms with Gasteiger partial charge in [-0.1, -0.05) is 67.3 Å². The van der Waals surface area contributed by atoms with Gasteiger partial charge in [-0.2, -0.15) is 0 Å². The van der Waals surface area contributed by atoms with Gasteiger partial charge in [0, 0.05) is 38.6 Å². The Kier molecular flexibility index (Phi) is 7.32. The SMILES string of the molecule is OC1([C@@H](CN2CCNCC2)c2ccc(OCc3ccccc3)c(Cl)c2)CCCCC1. The summed E-state index contributed by atoms with van der Waals surface area (Å²) in [7, 11) is 0. The summed E-state index contributed by atoms with van der Waals surface area (Å²) < 4.78 is 5.97. The van der Waals surface area contributed by atoms with Crippen molar-refractivity contribution in [2.45, 2.75) is 50.2 Å². The van der Waals surface area contributed by atoms with E-state index in [1.165, 1.54) is 6.42 Å². The third-order valence-corrected chi connectivity index (χ3v) is 6.91. The van der Waals surface area contributed by atoms with Crippen LogP contribution >= 0.6 is 11.6 Å². The molecule has 2 fully saturated rings. The Labute approximate surface area is 185 Å². The topological polar surface area (TPSA) is 44.7 Å². The molecule has 2 aromatic rings. The average Bonchev–Trinajstić information content (AvgIpc) is 2.78. The number of benzene rings is 2. The first kappa shape index (κ1) is 21.6. The first-order chi connectivity index (χ1) is 14.6. The van der Waals surface area contributed by atoms with Crippen LogP contribution in [0, 0.1) is 0 Å². The van der Waals surface area contributed by atoms with Crippen LogP contribution in [0.25, 0.3) is 0 Å². The molecule has 0 aromatic heterocycles. The minimum atomic E-state index is -0.654. The number of piperazine rings is 1. The van der Waals surface area contributed by atoms with Gasteiger partial charge in [0.25, 0.3) is 0 Å². The number of nitrogens with zero attached hydrogens (tertiary/aromatic N) is 1. The number of rotatable bonds is 7. The standard InChI is InChI=1S/C25H33ClN2O2/c26-23-17-21(9-10-24(23)30-19-20-7-3-1-4-8-20)22(18-28-15-13-27-14-16-28)25(29)11-5-2-6-12-25/h1,3-4,7-10,17,22,27,29H,2,5-6,11-16,18-19H2/t22-/m0/s1. The number of aliphatic hydroxyl groups is 1. The fraction of sp³-hybridized carbons (Fsp3) is 0.520. The van der Waals surface area contributed by atoms with Crippen molar-refractivity contribution in [2.75, 3.05) is 32.7 Å². The summed E-state index contributed by atoms with van der Waals surface area (Å²) in [6, 6.07) is 16.2. The molecule has 162 valence electrons. The lowest BCUT2D eigenvalue weighted by Crippen LogP contribution is -2.49. The third kappa shape index (κ3) is 5.36. The molecule has 0 radical (unpaired) electrons. The van der Waals surface area contributed by atoms with Crippen LogP contribution in [0.15, 0.2) is 48.5 Å². The Bertz CT molecular complexity index is 802. The Morgan fingerprint density at radius 3 is 2.47 bits per heavy atom. The number of nitrogens with one attached hydrogen (secondary N) is 1. The fourth-order valence-corrected chi connectivity index (χ4v) is 5.08. The molecule has 1 aliphatic carbocycles. The monoisotopic (exact) mass is 428 g/mol. The highest BCUT2D eigenvalue weighted by molar-refractivity contribution is 6.32. The summed E-state index contributed by atoms with van der Waals surface area (Å²) in [6.45, 7) is 5.44. The van der Waals surface area contributed by atoms with Gasteiger partial charge in [-0.3, -0.25) is 0 Å². The van der Waals surface area contributed by atoms with Crippen LogP contribution in [-0.2, 0) is 6.61 Å². The first-order valence-electron chi connectivity index (χ1n) is 11.3. The summed E-state index contributed by atoms with van der Waals surface area (Å²) >= 11 is 6.64. The molecule has 4 rings (SSSR count). The van der Waals surface area contributed by atoms with Gasteiger partial charge in [-0.25, -0.2) is 0 Å². The van der Waals surface area contributed by atoms with Gasteiger partial charge in [0.1, 0.15) is 12.4 Å². The van der Waals surface area contributed by atoms with Crippen molar-refractivity contribution in [3.05, 3.63) is 64.7 Å². The van der Waals surface area contributed by atoms with E-state index in [0.29, 0.717) is 17.4 Å². The molecule has 0 unspecified atom stereocenters. The van der Waals surface area contributed by atoms with Gasteiger partial charge in [-0.05, 0) is 36.1 Å². The maximum absolute atomic E-state index is 11.6. The van der Waals surface area contributed by atoms with Gasteiger partial charge in [0.05, 0.1) is 10.6 Å². The van der Waals surface area contributed by atoms with E-state index in [4.69, 9.17) is 16.3 Å². The second-order valence-corrected chi connectivity index (χ2v) is 9.14. The van der Waals surface area contributed by atoms with Crippen molar-refractivity contribution in [2.24, 2.45) is 0 Å². The molecular formula is C25H33ClN2O2. The predicted molar refractivity (Wildman–Crippen MR) is 122 cm³/mol. The van der Waals surface area contributed by atoms with Crippen LogP contribution < -0.4 is 10.1 Å². The summed E-state index contributed by atoms with van der Waals surface area (Å²) in [4.78, 5) is 2.47. The Hall–Kier alpha value is -1.59. The molecule has 1 saturated heterocycles. The Balaban J connectivity index is 1.52. The zero-order valence-corrected chi connectivity index (χ0v) is 18.4. The number of halogens is 1. The highest BCUT2D eigenvalue weighted by Crippen LogP contribution is 2.42. The van der Waals surface area contributed by atoms with Crippen molar-refractivity contribution in [1.82, 2.24) is 10.2 Å². The lowest BCUT2D eigenvalue weighted by Gasteiger charge is -2.42. The van der Waals surface area contributed by atoms with Crippen LogP contribution in [-0.4, -0.2) is 48.3 Å². The quantitative estimate of drug-likeness (QED) is 0.676. The minimum Gasteiger partial charge on any atom is -0.487 e. The van der Waals surface area contributed by atoms with Crippen LogP contribution in [0.3, 0.4) is 0 Å². The molecule has 0 amide bonds. The zero-order chi connectivity index (χ0) is 20.8. The van der Waals surface area contributed by atoms with E-state index in [0.717, 1.165) is 69.5 Å². The zero-order valence-electron chi connectivity index (χ0n) is 17.7. The molecule has 1 aliphatic heterocycles. The highest BCUT2D eigenvalue weighted by Gasteiger charge is 2.39. The van der Waals surface area contributed by atoms with E-state index in [1.807, 2.05) is 42.5 Å². The molecule has 2 N–H and O–H groups in total. The largest absolute Gasteiger partial charge is 0.487 e. The molecule has 1 heterocycles. The minimum absolute atomic E-state index is 0.0663. The van der Waals surface area contributed by atoms with Crippen LogP contribution in [0.5, 0.6) is 5.75 Å². The van der Waals surface area contributed by atoms with Crippen molar-refractivity contribution in [3.63, 3.8) is 0 Å². The van der Waals surface area contributed by atoms with Crippen molar-refractivity contribution < 1.29 is 9.84 Å². The van der Waals surface area contributed by atoms with E-state index in [1.54, 1.807) is 0 Å². The van der Waals surface area contributed by atoms with Crippen molar-refractivity contribution in [3.8, 4) is 5.75 Å². The number of ether oxygens (including phenoxy) is 1. The van der Waals surface area contributed by atoms with Gasteiger partial charge in [-0.15, -0.1) is 0 Å². The van der Waals surface area contributed by atoms with Gasteiger partial charge in [0.15, 0.2) is 0 Å². The van der Waals surface area contributed by atoms with Crippen molar-refractivity contribution in [1.29, 1.82) is 0 Å². The number of hydrogen-bond donors (Lipinski definition) is 2. The highest BCUT2D eigenvalue weighted by atomic mass is 35.5. The summed E-state index contributed by atoms with van der Waals surface area (Å²) in [5.41, 5.74) is 1.58. The molecule has 4 nitrogen and oxygen atoms in total. The Morgan fingerprint density at radius 1 is 1.03 bits per heavy atom. The van der Waals surface area contributed by atoms with E-state index >= 15 is 0 Å². The normalized spacial score (nSPS) is 20.6. The second kappa shape index (κ2) is 10.1. The van der Waals surface area contributed by atoms with E-state index in [2.05, 4.69) is 16.3 Å². The molecule has 2 aromatic carbocycles. The summed E-state index contributed by atoms with van der Waals surface area (Å²) in [6.07, 6.45) is 5.15. The summed E-state index contributed by atoms with van der Waals surface area (Å²) in [5.74, 6) is 0.761. The second-order valence-electron chi connectivity index (χ2n) is 8.73. The lowest BCUT2D eigenvalue weighted by atomic mass is 9.72. The van der Waals surface area contributed by atoms with Crippen LogP contribution in [0.1, 0.15) is 49.1 Å². The molecule has 1 atom stereocenters. The fourth-order valence-electron chi connectivity index (χ4n) is 4.84. The van der Waals surface area contributed by atoms with Gasteiger partial charge < -0.3 is 20.1 Å². The Morgan fingerprint density at radius 2 is 1.77 bits per heavy atom. The van der Waals surface area contributed by atoms with Gasteiger partial charge in [0.2, 0.25) is 0 Å². The molecule has 30 heavy (non-hydrogen) atoms. The number of hydrogen-bond acceptors (Lipinski definition) is 4. The van der Waals surface area contributed by atoms with E-state index in [-0.39, 0.29) is 5.92 Å². The smallest absolute Gasteiger partial charge is 0.138 e. The molecule has 5 heteroatoms. The summed E-state index contributed by atoms with van der Waals surface area (Å²) in [5, 5.41) is 15.6. The maximum Gasteiger partial charge on any atom is 0.138 e. The first-order valence-corrected chi connectivity index (χ1v) is 11.6. The molecule has 2 aliphatic rings. The van der Waals surface area contributed by atoms with E-state index in [9.17, 15) is 5.11 Å². The van der Waals surface area contributed by atoms with Crippen LogP contribution in [0.4, 0.5) is 0 Å². The predicted octanol–water partition coefficient (Wildman–Crippen LogP) is 4.60. The van der Waals surface area contributed by atoms with Crippen LogP contribution in [0.2, 0.25) is 5.02 Å². The van der Waals surface area contributed by atoms with Crippen molar-refractivity contribution >= 4 is 11.6 Å². The third-order valence-electron chi connectivity index (χ3n) is 6.61. The molecule has 0 bridgehead atoms.